The fraction of sp³-hybridized carbons (Fsp3) is 0.542. The molecule has 5 atom stereocenters. The maximum Gasteiger partial charge on any atom is 0.308 e. The van der Waals surface area contributed by atoms with Crippen molar-refractivity contribution in [3.63, 3.8) is 0 Å². The lowest BCUT2D eigenvalue weighted by Crippen LogP contribution is -2.41. The fourth-order valence-corrected chi connectivity index (χ4v) is 6.53. The van der Waals surface area contributed by atoms with Gasteiger partial charge in [0.2, 0.25) is 0 Å². The van der Waals surface area contributed by atoms with E-state index >= 15 is 0 Å². The van der Waals surface area contributed by atoms with Gasteiger partial charge in [0.05, 0.1) is 13.0 Å². The van der Waals surface area contributed by atoms with Crippen LogP contribution < -0.4 is 0 Å². The van der Waals surface area contributed by atoms with Crippen LogP contribution in [0.3, 0.4) is 0 Å². The van der Waals surface area contributed by atoms with Crippen LogP contribution in [0.1, 0.15) is 55.6 Å². The first-order valence-corrected chi connectivity index (χ1v) is 10.3. The lowest BCUT2D eigenvalue weighted by molar-refractivity contribution is -0.148. The Labute approximate surface area is 155 Å². The van der Waals surface area contributed by atoms with Gasteiger partial charge in [0.25, 0.3) is 0 Å². The molecular weight excluding hydrogens is 320 g/mol. The van der Waals surface area contributed by atoms with E-state index in [1.54, 1.807) is 18.2 Å². The number of ether oxygens (including phenoxy) is 1. The van der Waals surface area contributed by atoms with E-state index in [9.17, 15) is 4.79 Å². The molecule has 2 nitrogen and oxygen atoms in total. The Morgan fingerprint density at radius 1 is 0.962 bits per heavy atom. The maximum atomic E-state index is 12.1. The van der Waals surface area contributed by atoms with E-state index in [0.717, 1.165) is 24.7 Å². The zero-order valence-corrected chi connectivity index (χ0v) is 15.6. The molecule has 2 aromatic rings. The first kappa shape index (κ1) is 16.4. The summed E-state index contributed by atoms with van der Waals surface area (Å²) in [6.07, 6.45) is 8.48. The summed E-state index contributed by atoms with van der Waals surface area (Å²) in [5, 5.41) is 2.84. The Balaban J connectivity index is 1.48. The summed E-state index contributed by atoms with van der Waals surface area (Å²) in [4.78, 5) is 12.1. The highest BCUT2D eigenvalue weighted by molar-refractivity contribution is 5.87. The number of carbonyl (C=O) groups excluding carboxylic acids is 1. The Bertz CT molecular complexity index is 839. The van der Waals surface area contributed by atoms with Crippen LogP contribution in [0.15, 0.2) is 36.4 Å². The molecule has 0 radical (unpaired) electrons. The van der Waals surface area contributed by atoms with Gasteiger partial charge in [0.1, 0.15) is 0 Å². The predicted octanol–water partition coefficient (Wildman–Crippen LogP) is 5.49. The largest absolute Gasteiger partial charge is 0.469 e. The van der Waals surface area contributed by atoms with Crippen LogP contribution in [-0.4, -0.2) is 13.1 Å². The summed E-state index contributed by atoms with van der Waals surface area (Å²) in [5.74, 6) is 3.16. The van der Waals surface area contributed by atoms with Gasteiger partial charge in [0.15, 0.2) is 0 Å². The number of rotatable bonds is 1. The van der Waals surface area contributed by atoms with Gasteiger partial charge < -0.3 is 4.74 Å². The van der Waals surface area contributed by atoms with Crippen LogP contribution in [0, 0.1) is 23.7 Å². The van der Waals surface area contributed by atoms with Crippen molar-refractivity contribution in [2.45, 2.75) is 50.9 Å². The van der Waals surface area contributed by atoms with Crippen LogP contribution >= 0.6 is 0 Å². The SMILES string of the molecule is COC(=O)C1CCC2CCC3c4ccc5ccccc5c4CCC3C2C1. The molecule has 2 saturated carbocycles. The van der Waals surface area contributed by atoms with Crippen molar-refractivity contribution in [1.82, 2.24) is 0 Å². The van der Waals surface area contributed by atoms with Gasteiger partial charge in [-0.15, -0.1) is 0 Å². The molecule has 26 heavy (non-hydrogen) atoms. The molecule has 0 bridgehead atoms. The minimum atomic E-state index is 0.0211. The predicted molar refractivity (Wildman–Crippen MR) is 104 cm³/mol. The number of aryl methyl sites for hydroxylation is 1. The molecule has 0 amide bonds. The normalized spacial score (nSPS) is 33.0. The van der Waals surface area contributed by atoms with E-state index in [4.69, 9.17) is 4.74 Å². The highest BCUT2D eigenvalue weighted by Crippen LogP contribution is 2.55. The van der Waals surface area contributed by atoms with Gasteiger partial charge >= 0.3 is 5.97 Å². The first-order valence-electron chi connectivity index (χ1n) is 10.3. The minimum Gasteiger partial charge on any atom is -0.469 e. The first-order chi connectivity index (χ1) is 12.8. The molecule has 136 valence electrons. The smallest absolute Gasteiger partial charge is 0.308 e. The highest BCUT2D eigenvalue weighted by Gasteiger charge is 2.46. The van der Waals surface area contributed by atoms with Crippen molar-refractivity contribution in [3.8, 4) is 0 Å². The summed E-state index contributed by atoms with van der Waals surface area (Å²) in [6.45, 7) is 0. The van der Waals surface area contributed by atoms with Crippen LogP contribution in [0.5, 0.6) is 0 Å². The Morgan fingerprint density at radius 3 is 2.69 bits per heavy atom. The number of carbonyl (C=O) groups is 1. The van der Waals surface area contributed by atoms with Gasteiger partial charge in [-0.25, -0.2) is 0 Å². The van der Waals surface area contributed by atoms with E-state index in [0.29, 0.717) is 11.8 Å². The molecule has 2 heteroatoms. The molecule has 5 unspecified atom stereocenters. The van der Waals surface area contributed by atoms with E-state index in [-0.39, 0.29) is 11.9 Å². The number of esters is 1. The third-order valence-corrected chi connectivity index (χ3v) is 7.70. The van der Waals surface area contributed by atoms with Crippen molar-refractivity contribution in [1.29, 1.82) is 0 Å². The third kappa shape index (κ3) is 2.49. The number of fused-ring (bicyclic) bond motifs is 7. The van der Waals surface area contributed by atoms with Crippen molar-refractivity contribution in [3.05, 3.63) is 47.5 Å². The van der Waals surface area contributed by atoms with Crippen LogP contribution in [0.4, 0.5) is 0 Å². The molecule has 2 aromatic carbocycles. The quantitative estimate of drug-likeness (QED) is 0.637. The monoisotopic (exact) mass is 348 g/mol. The average molecular weight is 348 g/mol. The fourth-order valence-electron chi connectivity index (χ4n) is 6.53. The maximum absolute atomic E-state index is 12.1. The van der Waals surface area contributed by atoms with Crippen molar-refractivity contribution in [2.24, 2.45) is 23.7 Å². The molecule has 2 fully saturated rings. The molecule has 3 aliphatic rings. The van der Waals surface area contributed by atoms with Crippen molar-refractivity contribution < 1.29 is 9.53 Å². The summed E-state index contributed by atoms with van der Waals surface area (Å²) in [6, 6.07) is 13.6. The summed E-state index contributed by atoms with van der Waals surface area (Å²) in [7, 11) is 1.54. The Kier molecular flexibility index (Phi) is 4.03. The van der Waals surface area contributed by atoms with Crippen LogP contribution in [-0.2, 0) is 16.0 Å². The summed E-state index contributed by atoms with van der Waals surface area (Å²) < 4.78 is 5.07. The molecule has 0 heterocycles. The lowest BCUT2D eigenvalue weighted by atomic mass is 9.55. The molecule has 3 aliphatic carbocycles. The molecule has 0 spiro atoms. The summed E-state index contributed by atoms with van der Waals surface area (Å²) in [5.41, 5.74) is 3.21. The van der Waals surface area contributed by atoms with E-state index in [1.807, 2.05) is 0 Å². The van der Waals surface area contributed by atoms with Crippen LogP contribution in [0.2, 0.25) is 0 Å². The number of hydrogen-bond donors (Lipinski definition) is 0. The number of methoxy groups -OCH3 is 1. The third-order valence-electron chi connectivity index (χ3n) is 7.70. The number of hydrogen-bond acceptors (Lipinski definition) is 2. The molecule has 0 saturated heterocycles. The molecule has 0 N–H and O–H groups in total. The highest BCUT2D eigenvalue weighted by atomic mass is 16.5. The van der Waals surface area contributed by atoms with E-state index in [2.05, 4.69) is 36.4 Å². The zero-order valence-electron chi connectivity index (χ0n) is 15.6. The molecule has 0 aliphatic heterocycles. The van der Waals surface area contributed by atoms with Crippen molar-refractivity contribution in [2.75, 3.05) is 7.11 Å². The van der Waals surface area contributed by atoms with E-state index < -0.39 is 0 Å². The lowest BCUT2D eigenvalue weighted by Gasteiger charge is -2.49. The second-order valence-corrected chi connectivity index (χ2v) is 8.70. The molecule has 0 aromatic heterocycles. The second-order valence-electron chi connectivity index (χ2n) is 8.70. The van der Waals surface area contributed by atoms with Gasteiger partial charge in [-0.3, -0.25) is 4.79 Å². The van der Waals surface area contributed by atoms with Gasteiger partial charge in [0, 0.05) is 0 Å². The van der Waals surface area contributed by atoms with Gasteiger partial charge in [-0.05, 0) is 90.5 Å². The van der Waals surface area contributed by atoms with E-state index in [1.165, 1.54) is 42.9 Å². The summed E-state index contributed by atoms with van der Waals surface area (Å²) >= 11 is 0. The standard InChI is InChI=1S/C24H28O2/c1-26-24(25)17-7-6-16-9-11-21-20-10-8-15-4-2-3-5-18(15)19(20)12-13-22(21)23(16)14-17/h2-5,8,10,16-17,21-23H,6-7,9,11-14H2,1H3. The minimum absolute atomic E-state index is 0.0211. The van der Waals surface area contributed by atoms with Crippen molar-refractivity contribution >= 4 is 16.7 Å². The number of benzene rings is 2. The van der Waals surface area contributed by atoms with Gasteiger partial charge in [-0.2, -0.15) is 0 Å². The molecule has 5 rings (SSSR count). The average Bonchev–Trinajstić information content (AvgIpc) is 2.71. The Morgan fingerprint density at radius 2 is 1.81 bits per heavy atom. The van der Waals surface area contributed by atoms with Crippen LogP contribution in [0.25, 0.3) is 10.8 Å². The Hall–Kier alpha value is -1.83. The van der Waals surface area contributed by atoms with Gasteiger partial charge in [-0.1, -0.05) is 36.4 Å². The molecular formula is C24H28O2. The zero-order chi connectivity index (χ0) is 17.7. The second kappa shape index (κ2) is 6.40. The topological polar surface area (TPSA) is 26.3 Å².